The van der Waals surface area contributed by atoms with Crippen LogP contribution in [0.2, 0.25) is 0 Å². The van der Waals surface area contributed by atoms with Crippen LogP contribution in [-0.2, 0) is 5.41 Å². The molecule has 0 fully saturated rings. The van der Waals surface area contributed by atoms with Crippen molar-refractivity contribution in [2.45, 2.75) is 5.41 Å². The summed E-state index contributed by atoms with van der Waals surface area (Å²) in [7, 11) is 0. The lowest BCUT2D eigenvalue weighted by atomic mass is 9.67. The summed E-state index contributed by atoms with van der Waals surface area (Å²) in [5, 5.41) is 3.60. The molecule has 0 N–H and O–H groups in total. The maximum absolute atomic E-state index is 5.13. The minimum Gasteiger partial charge on any atom is -0.291 e. The zero-order chi connectivity index (χ0) is 31.4. The number of para-hydroxylation sites is 3. The highest BCUT2D eigenvalue weighted by molar-refractivity contribution is 6.22. The molecule has 1 aliphatic carbocycles. The molecule has 0 aliphatic heterocycles. The van der Waals surface area contributed by atoms with Crippen LogP contribution < -0.4 is 0 Å². The second kappa shape index (κ2) is 9.37. The summed E-state index contributed by atoms with van der Waals surface area (Å²) in [5.41, 5.74) is 15.8. The fourth-order valence-corrected chi connectivity index (χ4v) is 8.61. The Morgan fingerprint density at radius 1 is 0.438 bits per heavy atom. The van der Waals surface area contributed by atoms with E-state index in [1.807, 2.05) is 24.3 Å². The molecule has 48 heavy (non-hydrogen) atoms. The third-order valence-electron chi connectivity index (χ3n) is 10.6. The van der Waals surface area contributed by atoms with Gasteiger partial charge in [-0.15, -0.1) is 0 Å². The molecule has 0 bridgehead atoms. The molecule has 7 aromatic carbocycles. The van der Waals surface area contributed by atoms with Crippen LogP contribution in [0.3, 0.4) is 0 Å². The van der Waals surface area contributed by atoms with Crippen molar-refractivity contribution in [1.29, 1.82) is 0 Å². The first-order chi connectivity index (χ1) is 23.8. The lowest BCUT2D eigenvalue weighted by Crippen LogP contribution is -2.28. The second-order valence-electron chi connectivity index (χ2n) is 12.9. The van der Waals surface area contributed by atoms with Gasteiger partial charge in [0.05, 0.1) is 27.5 Å². The topological polar surface area (TPSA) is 30.2 Å². The third kappa shape index (κ3) is 3.22. The highest BCUT2D eigenvalue weighted by atomic mass is 15.0. The number of aromatic nitrogens is 3. The Kier molecular flexibility index (Phi) is 5.04. The number of fused-ring (bicyclic) bond motifs is 10. The normalized spacial score (nSPS) is 13.6. The zero-order valence-electron chi connectivity index (χ0n) is 25.9. The zero-order valence-corrected chi connectivity index (χ0v) is 25.9. The number of hydrogen-bond donors (Lipinski definition) is 0. The van der Waals surface area contributed by atoms with Crippen LogP contribution in [0.5, 0.6) is 0 Å². The van der Waals surface area contributed by atoms with Crippen LogP contribution in [0.15, 0.2) is 164 Å². The van der Waals surface area contributed by atoms with Gasteiger partial charge in [-0.3, -0.25) is 4.40 Å². The summed E-state index contributed by atoms with van der Waals surface area (Å²) in [4.78, 5) is 10.2. The van der Waals surface area contributed by atoms with E-state index in [9.17, 15) is 0 Å². The minimum atomic E-state index is -0.425. The van der Waals surface area contributed by atoms with Gasteiger partial charge in [-0.05, 0) is 74.8 Å². The summed E-state index contributed by atoms with van der Waals surface area (Å²) in [6.07, 6.45) is 0. The molecule has 3 nitrogen and oxygen atoms in total. The smallest absolute Gasteiger partial charge is 0.165 e. The van der Waals surface area contributed by atoms with Gasteiger partial charge in [0.15, 0.2) is 5.65 Å². The maximum Gasteiger partial charge on any atom is 0.165 e. The van der Waals surface area contributed by atoms with Gasteiger partial charge in [-0.2, -0.15) is 0 Å². The maximum atomic E-state index is 5.13. The van der Waals surface area contributed by atoms with E-state index < -0.39 is 5.41 Å². The van der Waals surface area contributed by atoms with E-state index in [0.29, 0.717) is 0 Å². The summed E-state index contributed by atoms with van der Waals surface area (Å²) < 4.78 is 2.31. The SMILES string of the molecule is c1ccc(C2(c3ccccc3)c3ccccc3-c3ccc(-c4ccc5c(c4)c4cccc6c7nc8ccccc8nc7n5c46)cc32)cc1. The molecule has 0 amide bonds. The molecule has 0 saturated heterocycles. The van der Waals surface area contributed by atoms with Crippen molar-refractivity contribution in [2.75, 3.05) is 0 Å². The highest BCUT2D eigenvalue weighted by Crippen LogP contribution is 2.56. The Morgan fingerprint density at radius 3 is 1.85 bits per heavy atom. The molecule has 0 radical (unpaired) electrons. The van der Waals surface area contributed by atoms with Gasteiger partial charge in [0, 0.05) is 16.2 Å². The van der Waals surface area contributed by atoms with E-state index in [1.54, 1.807) is 0 Å². The molecule has 11 rings (SSSR count). The quantitative estimate of drug-likeness (QED) is 0.199. The second-order valence-corrected chi connectivity index (χ2v) is 12.9. The van der Waals surface area contributed by atoms with Crippen molar-refractivity contribution >= 4 is 49.4 Å². The lowest BCUT2D eigenvalue weighted by Gasteiger charge is -2.34. The fourth-order valence-electron chi connectivity index (χ4n) is 8.61. The summed E-state index contributed by atoms with van der Waals surface area (Å²) in [6, 6.07) is 59.7. The van der Waals surface area contributed by atoms with Crippen molar-refractivity contribution in [3.8, 4) is 22.3 Å². The van der Waals surface area contributed by atoms with Crippen LogP contribution in [0, 0.1) is 0 Å². The molecule has 0 atom stereocenters. The van der Waals surface area contributed by atoms with E-state index >= 15 is 0 Å². The van der Waals surface area contributed by atoms with E-state index in [-0.39, 0.29) is 0 Å². The first-order valence-corrected chi connectivity index (χ1v) is 16.5. The Hall–Kier alpha value is -6.32. The van der Waals surface area contributed by atoms with Crippen molar-refractivity contribution in [3.05, 3.63) is 186 Å². The van der Waals surface area contributed by atoms with Gasteiger partial charge in [0.25, 0.3) is 0 Å². The Labute approximate surface area is 276 Å². The van der Waals surface area contributed by atoms with Gasteiger partial charge >= 0.3 is 0 Å². The molecule has 3 aromatic heterocycles. The molecule has 10 aromatic rings. The number of nitrogens with zero attached hydrogens (tertiary/aromatic N) is 3. The first kappa shape index (κ1) is 25.8. The van der Waals surface area contributed by atoms with E-state index in [1.165, 1.54) is 60.8 Å². The van der Waals surface area contributed by atoms with Crippen molar-refractivity contribution in [2.24, 2.45) is 0 Å². The minimum absolute atomic E-state index is 0.425. The Bertz CT molecular complexity index is 2850. The van der Waals surface area contributed by atoms with Crippen molar-refractivity contribution in [3.63, 3.8) is 0 Å². The van der Waals surface area contributed by atoms with Crippen LogP contribution in [0.25, 0.3) is 71.6 Å². The summed E-state index contributed by atoms with van der Waals surface area (Å²) >= 11 is 0. The number of hydrogen-bond acceptors (Lipinski definition) is 2. The average molecular weight is 610 g/mol. The Morgan fingerprint density at radius 2 is 1.06 bits per heavy atom. The van der Waals surface area contributed by atoms with Crippen LogP contribution in [0.4, 0.5) is 0 Å². The van der Waals surface area contributed by atoms with Crippen molar-refractivity contribution in [1.82, 2.24) is 14.4 Å². The molecule has 222 valence electrons. The fraction of sp³-hybridized carbons (Fsp3) is 0.0222. The monoisotopic (exact) mass is 609 g/mol. The molecule has 3 heteroatoms. The van der Waals surface area contributed by atoms with Crippen molar-refractivity contribution < 1.29 is 0 Å². The largest absolute Gasteiger partial charge is 0.291 e. The molecule has 3 heterocycles. The summed E-state index contributed by atoms with van der Waals surface area (Å²) in [6.45, 7) is 0. The molecular weight excluding hydrogens is 583 g/mol. The van der Waals surface area contributed by atoms with Gasteiger partial charge in [-0.25, -0.2) is 9.97 Å². The van der Waals surface area contributed by atoms with Gasteiger partial charge < -0.3 is 0 Å². The predicted molar refractivity (Wildman–Crippen MR) is 197 cm³/mol. The molecule has 0 spiro atoms. The number of benzene rings is 7. The third-order valence-corrected chi connectivity index (χ3v) is 10.6. The van der Waals surface area contributed by atoms with Gasteiger partial charge in [-0.1, -0.05) is 133 Å². The van der Waals surface area contributed by atoms with Gasteiger partial charge in [0.1, 0.15) is 5.52 Å². The predicted octanol–water partition coefficient (Wildman–Crippen LogP) is 10.8. The number of rotatable bonds is 3. The molecular formula is C45H27N3. The summed E-state index contributed by atoms with van der Waals surface area (Å²) in [5.74, 6) is 0. The van der Waals surface area contributed by atoms with E-state index in [0.717, 1.165) is 33.1 Å². The van der Waals surface area contributed by atoms with E-state index in [2.05, 4.69) is 144 Å². The van der Waals surface area contributed by atoms with E-state index in [4.69, 9.17) is 9.97 Å². The highest BCUT2D eigenvalue weighted by Gasteiger charge is 2.46. The lowest BCUT2D eigenvalue weighted by molar-refractivity contribution is 0.769. The first-order valence-electron chi connectivity index (χ1n) is 16.5. The molecule has 0 unspecified atom stereocenters. The van der Waals surface area contributed by atoms with Gasteiger partial charge in [0.2, 0.25) is 0 Å². The Balaban J connectivity index is 1.17. The standard InChI is InChI=1S/C45H27N3/c1-3-12-30(13-4-1)45(31-14-5-2-6-15-31)37-19-8-7-16-32(37)33-24-22-29(27-38(33)45)28-23-25-41-36(26-28)34-17-11-18-35-42-44(48(41)43(34)35)47-40-21-10-9-20-39(40)46-42/h1-27H. The van der Waals surface area contributed by atoms with Crippen LogP contribution >= 0.6 is 0 Å². The van der Waals surface area contributed by atoms with Crippen LogP contribution in [-0.4, -0.2) is 14.4 Å². The average Bonchev–Trinajstić information content (AvgIpc) is 3.77. The van der Waals surface area contributed by atoms with Crippen LogP contribution in [0.1, 0.15) is 22.3 Å². The molecule has 1 aliphatic rings. The molecule has 0 saturated carbocycles.